The molecule has 2 amide bonds. The number of aromatic nitrogens is 2. The molecule has 0 aliphatic carbocycles. The van der Waals surface area contributed by atoms with E-state index in [1.54, 1.807) is 24.3 Å². The topological polar surface area (TPSA) is 93.2 Å². The summed E-state index contributed by atoms with van der Waals surface area (Å²) in [5.74, 6) is -0.0970. The maximum absolute atomic E-state index is 12.5. The van der Waals surface area contributed by atoms with Crippen LogP contribution in [0.15, 0.2) is 40.7 Å². The standard InChI is InChI=1S/C19H16Cl2N4O3S2/c1-10-3-5-12(8-14(10)21)22-16(26)9-29-19-25-24-18(30-19)23-17(27)13-7-11(20)4-6-15(13)28-2/h3-8H,9H2,1-2H3,(H,22,26)(H,23,24,27). The van der Waals surface area contributed by atoms with E-state index in [2.05, 4.69) is 20.8 Å². The molecule has 0 aliphatic heterocycles. The van der Waals surface area contributed by atoms with Crippen molar-refractivity contribution >= 4 is 68.9 Å². The number of thioether (sulfide) groups is 1. The predicted octanol–water partition coefficient (Wildman–Crippen LogP) is 5.15. The zero-order chi connectivity index (χ0) is 21.7. The summed E-state index contributed by atoms with van der Waals surface area (Å²) in [5.41, 5.74) is 1.84. The molecule has 1 heterocycles. The molecule has 0 aliphatic rings. The number of anilines is 2. The summed E-state index contributed by atoms with van der Waals surface area (Å²) in [6.07, 6.45) is 0. The third-order valence-corrected chi connectivity index (χ3v) is 6.43. The molecule has 0 spiro atoms. The number of rotatable bonds is 7. The van der Waals surface area contributed by atoms with Gasteiger partial charge in [0.05, 0.1) is 18.4 Å². The van der Waals surface area contributed by atoms with Gasteiger partial charge in [-0.15, -0.1) is 10.2 Å². The first-order valence-electron chi connectivity index (χ1n) is 8.53. The van der Waals surface area contributed by atoms with E-state index in [9.17, 15) is 9.59 Å². The lowest BCUT2D eigenvalue weighted by Crippen LogP contribution is -2.13. The highest BCUT2D eigenvalue weighted by Gasteiger charge is 2.16. The maximum atomic E-state index is 12.5. The van der Waals surface area contributed by atoms with Gasteiger partial charge in [-0.2, -0.15) is 0 Å². The molecule has 0 atom stereocenters. The number of hydrogen-bond donors (Lipinski definition) is 2. The number of benzene rings is 2. The van der Waals surface area contributed by atoms with Crippen molar-refractivity contribution in [1.29, 1.82) is 0 Å². The smallest absolute Gasteiger partial charge is 0.261 e. The molecule has 2 aromatic carbocycles. The first-order valence-corrected chi connectivity index (χ1v) is 11.1. The lowest BCUT2D eigenvalue weighted by atomic mass is 10.2. The highest BCUT2D eigenvalue weighted by Crippen LogP contribution is 2.28. The number of ether oxygens (including phenoxy) is 1. The number of nitrogens with zero attached hydrogens (tertiary/aromatic N) is 2. The lowest BCUT2D eigenvalue weighted by Gasteiger charge is -2.07. The number of amides is 2. The van der Waals surface area contributed by atoms with Gasteiger partial charge in [0.2, 0.25) is 11.0 Å². The minimum atomic E-state index is -0.420. The number of methoxy groups -OCH3 is 1. The Morgan fingerprint density at radius 1 is 1.13 bits per heavy atom. The van der Waals surface area contributed by atoms with Gasteiger partial charge < -0.3 is 10.1 Å². The van der Waals surface area contributed by atoms with Crippen LogP contribution in [0.25, 0.3) is 0 Å². The molecule has 156 valence electrons. The predicted molar refractivity (Wildman–Crippen MR) is 121 cm³/mol. The quantitative estimate of drug-likeness (QED) is 0.357. The highest BCUT2D eigenvalue weighted by atomic mass is 35.5. The fourth-order valence-corrected chi connectivity index (χ4v) is 4.24. The van der Waals surface area contributed by atoms with E-state index in [0.717, 1.165) is 16.9 Å². The Morgan fingerprint density at radius 3 is 2.67 bits per heavy atom. The second kappa shape index (κ2) is 10.1. The van der Waals surface area contributed by atoms with Gasteiger partial charge in [-0.3, -0.25) is 14.9 Å². The highest BCUT2D eigenvalue weighted by molar-refractivity contribution is 8.01. The molecule has 3 aromatic rings. The SMILES string of the molecule is COc1ccc(Cl)cc1C(=O)Nc1nnc(SCC(=O)Nc2ccc(C)c(Cl)c2)s1. The molecule has 0 unspecified atom stereocenters. The minimum absolute atomic E-state index is 0.135. The number of aryl methyl sites for hydroxylation is 1. The Morgan fingerprint density at radius 2 is 1.93 bits per heavy atom. The summed E-state index contributed by atoms with van der Waals surface area (Å²) in [4.78, 5) is 24.6. The van der Waals surface area contributed by atoms with Crippen molar-refractivity contribution < 1.29 is 14.3 Å². The van der Waals surface area contributed by atoms with Crippen LogP contribution < -0.4 is 15.4 Å². The van der Waals surface area contributed by atoms with Crippen LogP contribution in [0.2, 0.25) is 10.0 Å². The zero-order valence-corrected chi connectivity index (χ0v) is 19.0. The molecule has 0 saturated carbocycles. The Bertz CT molecular complexity index is 1090. The zero-order valence-electron chi connectivity index (χ0n) is 15.9. The lowest BCUT2D eigenvalue weighted by molar-refractivity contribution is -0.113. The van der Waals surface area contributed by atoms with Crippen LogP contribution in [-0.2, 0) is 4.79 Å². The third-order valence-electron chi connectivity index (χ3n) is 3.82. The Labute approximate surface area is 191 Å². The van der Waals surface area contributed by atoms with Crippen molar-refractivity contribution in [1.82, 2.24) is 10.2 Å². The summed E-state index contributed by atoms with van der Waals surface area (Å²) in [5, 5.41) is 14.7. The van der Waals surface area contributed by atoms with Crippen molar-refractivity contribution in [2.45, 2.75) is 11.3 Å². The van der Waals surface area contributed by atoms with Gasteiger partial charge >= 0.3 is 0 Å². The number of nitrogens with one attached hydrogen (secondary N) is 2. The summed E-state index contributed by atoms with van der Waals surface area (Å²) in [6, 6.07) is 10.1. The van der Waals surface area contributed by atoms with Crippen LogP contribution in [0.4, 0.5) is 10.8 Å². The van der Waals surface area contributed by atoms with Crippen LogP contribution >= 0.6 is 46.3 Å². The molecule has 7 nitrogen and oxygen atoms in total. The van der Waals surface area contributed by atoms with E-state index in [0.29, 0.717) is 31.0 Å². The maximum Gasteiger partial charge on any atom is 0.261 e. The van der Waals surface area contributed by atoms with Crippen LogP contribution in [0.3, 0.4) is 0 Å². The van der Waals surface area contributed by atoms with Gasteiger partial charge in [0.25, 0.3) is 5.91 Å². The second-order valence-electron chi connectivity index (χ2n) is 5.97. The third kappa shape index (κ3) is 5.85. The Balaban J connectivity index is 1.56. The normalized spacial score (nSPS) is 10.5. The van der Waals surface area contributed by atoms with Gasteiger partial charge in [-0.1, -0.05) is 52.4 Å². The Hall–Kier alpha value is -2.33. The van der Waals surface area contributed by atoms with Crippen molar-refractivity contribution in [3.05, 3.63) is 57.6 Å². The summed E-state index contributed by atoms with van der Waals surface area (Å²) in [6.45, 7) is 1.89. The molecule has 11 heteroatoms. The van der Waals surface area contributed by atoms with Gasteiger partial charge in [0.15, 0.2) is 4.34 Å². The molecule has 2 N–H and O–H groups in total. The largest absolute Gasteiger partial charge is 0.496 e. The monoisotopic (exact) mass is 482 g/mol. The summed E-state index contributed by atoms with van der Waals surface area (Å²) < 4.78 is 5.73. The van der Waals surface area contributed by atoms with E-state index in [4.69, 9.17) is 27.9 Å². The molecule has 0 bridgehead atoms. The van der Waals surface area contributed by atoms with Gasteiger partial charge in [-0.05, 0) is 42.8 Å². The van der Waals surface area contributed by atoms with Gasteiger partial charge in [0, 0.05) is 15.7 Å². The second-order valence-corrected chi connectivity index (χ2v) is 9.02. The van der Waals surface area contributed by atoms with Crippen LogP contribution in [0, 0.1) is 6.92 Å². The minimum Gasteiger partial charge on any atom is -0.496 e. The molecule has 0 fully saturated rings. The summed E-state index contributed by atoms with van der Waals surface area (Å²) >= 11 is 14.4. The average Bonchev–Trinajstić information content (AvgIpc) is 3.16. The molecule has 3 rings (SSSR count). The van der Waals surface area contributed by atoms with Crippen LogP contribution in [0.5, 0.6) is 5.75 Å². The van der Waals surface area contributed by atoms with Crippen molar-refractivity contribution in [2.24, 2.45) is 0 Å². The van der Waals surface area contributed by atoms with Gasteiger partial charge in [-0.25, -0.2) is 0 Å². The first-order chi connectivity index (χ1) is 14.4. The average molecular weight is 483 g/mol. The van der Waals surface area contributed by atoms with E-state index < -0.39 is 5.91 Å². The molecule has 1 aromatic heterocycles. The molecule has 0 radical (unpaired) electrons. The van der Waals surface area contributed by atoms with Crippen molar-refractivity contribution in [3.8, 4) is 5.75 Å². The number of carbonyl (C=O) groups excluding carboxylic acids is 2. The van der Waals surface area contributed by atoms with Crippen LogP contribution in [-0.4, -0.2) is 34.9 Å². The van der Waals surface area contributed by atoms with E-state index >= 15 is 0 Å². The Kier molecular flexibility index (Phi) is 7.54. The molecular weight excluding hydrogens is 467 g/mol. The molecule has 30 heavy (non-hydrogen) atoms. The van der Waals surface area contributed by atoms with E-state index in [1.165, 1.54) is 24.9 Å². The van der Waals surface area contributed by atoms with Crippen molar-refractivity contribution in [3.63, 3.8) is 0 Å². The fourth-order valence-electron chi connectivity index (χ4n) is 2.34. The van der Waals surface area contributed by atoms with E-state index in [1.807, 2.05) is 13.0 Å². The number of carbonyl (C=O) groups is 2. The van der Waals surface area contributed by atoms with Crippen LogP contribution in [0.1, 0.15) is 15.9 Å². The number of hydrogen-bond acceptors (Lipinski definition) is 7. The molecular formula is C19H16Cl2N4O3S2. The number of halogens is 2. The summed E-state index contributed by atoms with van der Waals surface area (Å²) in [7, 11) is 1.47. The molecule has 0 saturated heterocycles. The fraction of sp³-hybridized carbons (Fsp3) is 0.158. The van der Waals surface area contributed by atoms with Gasteiger partial charge in [0.1, 0.15) is 5.75 Å². The van der Waals surface area contributed by atoms with Crippen molar-refractivity contribution in [2.75, 3.05) is 23.5 Å². The first kappa shape index (κ1) is 22.4. The van der Waals surface area contributed by atoms with E-state index in [-0.39, 0.29) is 17.2 Å².